The zero-order valence-corrected chi connectivity index (χ0v) is 17.3. The highest BCUT2D eigenvalue weighted by Gasteiger charge is 2.36. The lowest BCUT2D eigenvalue weighted by Crippen LogP contribution is -2.50. The molecule has 1 aromatic carbocycles. The first-order valence-corrected chi connectivity index (χ1v) is 10.8. The molecular weight excluding hydrogens is 404 g/mol. The highest BCUT2D eigenvalue weighted by Crippen LogP contribution is 2.23. The zero-order valence-electron chi connectivity index (χ0n) is 15.6. The van der Waals surface area contributed by atoms with Crippen molar-refractivity contribution in [2.45, 2.75) is 31.2 Å². The van der Waals surface area contributed by atoms with Gasteiger partial charge in [0.15, 0.2) is 0 Å². The lowest BCUT2D eigenvalue weighted by Gasteiger charge is -2.29. The molecule has 0 aliphatic heterocycles. The van der Waals surface area contributed by atoms with E-state index in [2.05, 4.69) is 10.3 Å². The number of hydrogen-bond donors (Lipinski definition) is 3. The summed E-state index contributed by atoms with van der Waals surface area (Å²) in [5.41, 5.74) is 3.49. The Labute approximate surface area is 167 Å². The maximum absolute atomic E-state index is 12.9. The number of sulfonamides is 1. The van der Waals surface area contributed by atoms with Crippen molar-refractivity contribution in [3.63, 3.8) is 0 Å². The lowest BCUT2D eigenvalue weighted by molar-refractivity contribution is -0.134. The van der Waals surface area contributed by atoms with Crippen LogP contribution in [-0.4, -0.2) is 47.8 Å². The number of carbonyl (C=O) groups excluding carboxylic acids is 2. The molecule has 152 valence electrons. The van der Waals surface area contributed by atoms with E-state index in [1.54, 1.807) is 6.92 Å². The van der Waals surface area contributed by atoms with E-state index >= 15 is 0 Å². The Morgan fingerprint density at radius 3 is 2.43 bits per heavy atom. The molecular formula is C17H22N4O5S2. The van der Waals surface area contributed by atoms with Crippen molar-refractivity contribution in [2.24, 2.45) is 5.92 Å². The van der Waals surface area contributed by atoms with Crippen LogP contribution < -0.4 is 10.8 Å². The predicted octanol–water partition coefficient (Wildman–Crippen LogP) is 1.94. The second-order valence-corrected chi connectivity index (χ2v) is 9.06. The summed E-state index contributed by atoms with van der Waals surface area (Å²) in [5, 5.41) is 11.6. The first-order valence-electron chi connectivity index (χ1n) is 8.44. The van der Waals surface area contributed by atoms with E-state index in [9.17, 15) is 18.0 Å². The Balaban J connectivity index is 2.22. The number of carbonyl (C=O) groups is 2. The number of nitrogens with zero attached hydrogens (tertiary/aromatic N) is 2. The molecule has 0 aliphatic rings. The molecule has 1 aromatic heterocycles. The van der Waals surface area contributed by atoms with Gasteiger partial charge in [-0.25, -0.2) is 13.9 Å². The quantitative estimate of drug-likeness (QED) is 0.437. The first-order chi connectivity index (χ1) is 13.2. The zero-order chi connectivity index (χ0) is 20.9. The summed E-state index contributed by atoms with van der Waals surface area (Å²) in [6.07, 6.45) is 1.98. The van der Waals surface area contributed by atoms with Crippen LogP contribution in [0.3, 0.4) is 0 Å². The third-order valence-electron chi connectivity index (χ3n) is 4.40. The minimum atomic E-state index is -4.00. The average molecular weight is 427 g/mol. The second-order valence-electron chi connectivity index (χ2n) is 6.17. The molecule has 0 saturated heterocycles. The Kier molecular flexibility index (Phi) is 7.24. The highest BCUT2D eigenvalue weighted by atomic mass is 32.2. The molecule has 9 nitrogen and oxygen atoms in total. The molecule has 2 unspecified atom stereocenters. The molecule has 2 amide bonds. The van der Waals surface area contributed by atoms with Crippen molar-refractivity contribution < 1.29 is 23.2 Å². The molecule has 1 heterocycles. The third-order valence-corrected chi connectivity index (χ3v) is 7.02. The van der Waals surface area contributed by atoms with Crippen molar-refractivity contribution in [3.8, 4) is 0 Å². The minimum Gasteiger partial charge on any atom is -0.321 e. The number of hydroxylamine groups is 1. The van der Waals surface area contributed by atoms with E-state index in [0.29, 0.717) is 17.0 Å². The van der Waals surface area contributed by atoms with Crippen molar-refractivity contribution in [2.75, 3.05) is 12.4 Å². The number of amides is 2. The van der Waals surface area contributed by atoms with Gasteiger partial charge in [0, 0.05) is 12.7 Å². The van der Waals surface area contributed by atoms with Crippen molar-refractivity contribution in [1.82, 2.24) is 14.8 Å². The number of nitrogens with one attached hydrogen (secondary N) is 2. The van der Waals surface area contributed by atoms with Crippen LogP contribution >= 0.6 is 11.3 Å². The van der Waals surface area contributed by atoms with Gasteiger partial charge >= 0.3 is 0 Å². The molecule has 2 atom stereocenters. The summed E-state index contributed by atoms with van der Waals surface area (Å²) in [6, 6.07) is 4.55. The largest absolute Gasteiger partial charge is 0.321 e. The first kappa shape index (κ1) is 22.0. The van der Waals surface area contributed by atoms with E-state index in [1.165, 1.54) is 59.8 Å². The molecule has 28 heavy (non-hydrogen) atoms. The minimum absolute atomic E-state index is 0.0372. The maximum atomic E-state index is 12.9. The fourth-order valence-corrected chi connectivity index (χ4v) is 4.55. The Morgan fingerprint density at radius 1 is 1.29 bits per heavy atom. The van der Waals surface area contributed by atoms with Crippen LogP contribution in [0.5, 0.6) is 0 Å². The van der Waals surface area contributed by atoms with Gasteiger partial charge in [0.2, 0.25) is 10.0 Å². The van der Waals surface area contributed by atoms with Crippen LogP contribution in [0.15, 0.2) is 40.9 Å². The molecule has 0 fully saturated rings. The SMILES string of the molecule is CCC(C)C(C(=O)NO)N(C)S(=O)(=O)c1ccc(NC(=O)c2cncs2)cc1. The molecule has 3 N–H and O–H groups in total. The number of thiazole rings is 1. The number of aromatic nitrogens is 1. The molecule has 0 saturated carbocycles. The molecule has 2 rings (SSSR count). The van der Waals surface area contributed by atoms with Crippen LogP contribution in [0.4, 0.5) is 5.69 Å². The predicted molar refractivity (Wildman–Crippen MR) is 105 cm³/mol. The van der Waals surface area contributed by atoms with Gasteiger partial charge in [-0.1, -0.05) is 20.3 Å². The standard InChI is InChI=1S/C17H22N4O5S2/c1-4-11(2)15(17(23)20-24)21(3)28(25,26)13-7-5-12(6-8-13)19-16(22)14-9-18-10-27-14/h5-11,15,24H,4H2,1-3H3,(H,19,22)(H,20,23). The fourth-order valence-electron chi connectivity index (χ4n) is 2.62. The summed E-state index contributed by atoms with van der Waals surface area (Å²) in [4.78, 5) is 28.3. The fraction of sp³-hybridized carbons (Fsp3) is 0.353. The number of likely N-dealkylation sites (N-methyl/N-ethyl adjacent to an activating group) is 1. The Morgan fingerprint density at radius 2 is 1.93 bits per heavy atom. The molecule has 0 radical (unpaired) electrons. The van der Waals surface area contributed by atoms with E-state index in [4.69, 9.17) is 5.21 Å². The summed E-state index contributed by atoms with van der Waals surface area (Å²) >= 11 is 1.19. The van der Waals surface area contributed by atoms with Crippen LogP contribution in [0.25, 0.3) is 0 Å². The van der Waals surface area contributed by atoms with Crippen molar-refractivity contribution in [1.29, 1.82) is 0 Å². The maximum Gasteiger partial charge on any atom is 0.267 e. The number of rotatable bonds is 8. The number of anilines is 1. The summed E-state index contributed by atoms with van der Waals surface area (Å²) < 4.78 is 26.8. The van der Waals surface area contributed by atoms with Gasteiger partial charge in [-0.2, -0.15) is 4.31 Å². The van der Waals surface area contributed by atoms with Crippen LogP contribution in [0.2, 0.25) is 0 Å². The van der Waals surface area contributed by atoms with Crippen LogP contribution in [0.1, 0.15) is 29.9 Å². The van der Waals surface area contributed by atoms with E-state index in [1.807, 2.05) is 6.92 Å². The van der Waals surface area contributed by atoms with E-state index in [0.717, 1.165) is 4.31 Å². The van der Waals surface area contributed by atoms with Crippen LogP contribution in [0, 0.1) is 5.92 Å². The van der Waals surface area contributed by atoms with E-state index in [-0.39, 0.29) is 16.7 Å². The number of benzene rings is 1. The van der Waals surface area contributed by atoms with Crippen molar-refractivity contribution >= 4 is 38.9 Å². The van der Waals surface area contributed by atoms with Gasteiger partial charge in [-0.3, -0.25) is 19.8 Å². The smallest absolute Gasteiger partial charge is 0.267 e. The second kappa shape index (κ2) is 9.24. The van der Waals surface area contributed by atoms with Gasteiger partial charge in [-0.05, 0) is 30.2 Å². The normalized spacial score (nSPS) is 13.8. The van der Waals surface area contributed by atoms with Gasteiger partial charge < -0.3 is 5.32 Å². The molecule has 0 aliphatic carbocycles. The highest BCUT2D eigenvalue weighted by molar-refractivity contribution is 7.89. The lowest BCUT2D eigenvalue weighted by atomic mass is 9.99. The number of hydrogen-bond acceptors (Lipinski definition) is 7. The third kappa shape index (κ3) is 4.73. The molecule has 2 aromatic rings. The van der Waals surface area contributed by atoms with Crippen molar-refractivity contribution in [3.05, 3.63) is 40.8 Å². The molecule has 11 heteroatoms. The van der Waals surface area contributed by atoms with Crippen LogP contribution in [-0.2, 0) is 14.8 Å². The van der Waals surface area contributed by atoms with Gasteiger partial charge in [0.25, 0.3) is 11.8 Å². The topological polar surface area (TPSA) is 129 Å². The summed E-state index contributed by atoms with van der Waals surface area (Å²) in [7, 11) is -2.70. The van der Waals surface area contributed by atoms with Gasteiger partial charge in [0.05, 0.1) is 16.6 Å². The Bertz CT molecular complexity index is 914. The average Bonchev–Trinajstić information content (AvgIpc) is 3.23. The molecule has 0 bridgehead atoms. The Hall–Kier alpha value is -2.34. The van der Waals surface area contributed by atoms with Gasteiger partial charge in [-0.15, -0.1) is 11.3 Å². The summed E-state index contributed by atoms with van der Waals surface area (Å²) in [6.45, 7) is 3.55. The van der Waals surface area contributed by atoms with Gasteiger partial charge in [0.1, 0.15) is 10.9 Å². The monoisotopic (exact) mass is 426 g/mol. The van der Waals surface area contributed by atoms with E-state index < -0.39 is 22.0 Å². The molecule has 0 spiro atoms. The summed E-state index contributed by atoms with van der Waals surface area (Å²) in [5.74, 6) is -1.45.